The van der Waals surface area contributed by atoms with Crippen molar-refractivity contribution in [2.75, 3.05) is 6.61 Å². The highest BCUT2D eigenvalue weighted by Gasteiger charge is 2.12. The standard InChI is InChI=1S/C15H16O2S/c1-3-11-10-12(7-8-13(11)17-4-2)15(16)14-6-5-9-18-14/h5-10H,3-4H2,1-2H3. The number of hydrogen-bond acceptors (Lipinski definition) is 3. The van der Waals surface area contributed by atoms with Gasteiger partial charge in [0, 0.05) is 5.56 Å². The Morgan fingerprint density at radius 1 is 1.28 bits per heavy atom. The zero-order valence-corrected chi connectivity index (χ0v) is 11.4. The summed E-state index contributed by atoms with van der Waals surface area (Å²) in [6.45, 7) is 4.67. The van der Waals surface area contributed by atoms with Crippen molar-refractivity contribution in [3.8, 4) is 5.75 Å². The van der Waals surface area contributed by atoms with Crippen molar-refractivity contribution < 1.29 is 9.53 Å². The first kappa shape index (κ1) is 12.8. The molecule has 2 aromatic rings. The molecule has 0 atom stereocenters. The Balaban J connectivity index is 2.32. The smallest absolute Gasteiger partial charge is 0.202 e. The summed E-state index contributed by atoms with van der Waals surface area (Å²) in [5.41, 5.74) is 1.82. The fourth-order valence-corrected chi connectivity index (χ4v) is 2.53. The van der Waals surface area contributed by atoms with E-state index < -0.39 is 0 Å². The molecule has 1 heterocycles. The molecule has 0 saturated carbocycles. The largest absolute Gasteiger partial charge is 0.494 e. The first-order chi connectivity index (χ1) is 8.76. The monoisotopic (exact) mass is 260 g/mol. The lowest BCUT2D eigenvalue weighted by Gasteiger charge is -2.10. The van der Waals surface area contributed by atoms with E-state index in [1.54, 1.807) is 0 Å². The Morgan fingerprint density at radius 2 is 2.11 bits per heavy atom. The van der Waals surface area contributed by atoms with Crippen LogP contribution in [0.25, 0.3) is 0 Å². The lowest BCUT2D eigenvalue weighted by molar-refractivity contribution is 0.104. The minimum absolute atomic E-state index is 0.0859. The Morgan fingerprint density at radius 3 is 2.72 bits per heavy atom. The van der Waals surface area contributed by atoms with E-state index in [1.165, 1.54) is 11.3 Å². The van der Waals surface area contributed by atoms with Gasteiger partial charge in [-0.25, -0.2) is 0 Å². The van der Waals surface area contributed by atoms with Crippen LogP contribution in [0.5, 0.6) is 5.75 Å². The van der Waals surface area contributed by atoms with Gasteiger partial charge in [0.25, 0.3) is 0 Å². The number of benzene rings is 1. The van der Waals surface area contributed by atoms with Crippen molar-refractivity contribution in [1.82, 2.24) is 0 Å². The maximum absolute atomic E-state index is 12.2. The number of ketones is 1. The minimum atomic E-state index is 0.0859. The molecule has 0 fully saturated rings. The molecule has 0 radical (unpaired) electrons. The molecule has 2 rings (SSSR count). The number of aryl methyl sites for hydroxylation is 1. The van der Waals surface area contributed by atoms with Gasteiger partial charge in [-0.15, -0.1) is 11.3 Å². The highest BCUT2D eigenvalue weighted by molar-refractivity contribution is 7.12. The van der Waals surface area contributed by atoms with Crippen LogP contribution in [0.3, 0.4) is 0 Å². The number of hydrogen-bond donors (Lipinski definition) is 0. The summed E-state index contributed by atoms with van der Waals surface area (Å²) in [5.74, 6) is 0.963. The number of carbonyl (C=O) groups is 1. The SMILES string of the molecule is CCOc1ccc(C(=O)c2cccs2)cc1CC. The second-order valence-electron chi connectivity index (χ2n) is 3.92. The van der Waals surface area contributed by atoms with Crippen LogP contribution >= 0.6 is 11.3 Å². The van der Waals surface area contributed by atoms with Gasteiger partial charge >= 0.3 is 0 Å². The topological polar surface area (TPSA) is 26.3 Å². The number of rotatable bonds is 5. The summed E-state index contributed by atoms with van der Waals surface area (Å²) < 4.78 is 5.54. The van der Waals surface area contributed by atoms with Gasteiger partial charge in [-0.3, -0.25) is 4.79 Å². The maximum atomic E-state index is 12.2. The van der Waals surface area contributed by atoms with Gasteiger partial charge in [-0.1, -0.05) is 13.0 Å². The summed E-state index contributed by atoms with van der Waals surface area (Å²) >= 11 is 1.47. The van der Waals surface area contributed by atoms with Gasteiger partial charge < -0.3 is 4.74 Å². The Bertz CT molecular complexity index is 529. The van der Waals surface area contributed by atoms with E-state index >= 15 is 0 Å². The van der Waals surface area contributed by atoms with Crippen LogP contribution < -0.4 is 4.74 Å². The third-order valence-corrected chi connectivity index (χ3v) is 3.62. The molecule has 0 amide bonds. The normalized spacial score (nSPS) is 10.3. The predicted molar refractivity (Wildman–Crippen MR) is 74.7 cm³/mol. The van der Waals surface area contributed by atoms with Gasteiger partial charge in [0.05, 0.1) is 11.5 Å². The number of thiophene rings is 1. The third-order valence-electron chi connectivity index (χ3n) is 2.75. The third kappa shape index (κ3) is 2.62. The Kier molecular flexibility index (Phi) is 4.15. The van der Waals surface area contributed by atoms with Crippen LogP contribution in [0.2, 0.25) is 0 Å². The van der Waals surface area contributed by atoms with Crippen LogP contribution in [0, 0.1) is 0 Å². The summed E-state index contributed by atoms with van der Waals surface area (Å²) in [6.07, 6.45) is 0.862. The molecule has 94 valence electrons. The van der Waals surface area contributed by atoms with E-state index in [0.717, 1.165) is 28.2 Å². The van der Waals surface area contributed by atoms with Crippen LogP contribution in [0.1, 0.15) is 34.6 Å². The highest BCUT2D eigenvalue weighted by Crippen LogP contribution is 2.23. The molecule has 0 spiro atoms. The van der Waals surface area contributed by atoms with Crippen molar-refractivity contribution >= 4 is 17.1 Å². The molecular formula is C15H16O2S. The van der Waals surface area contributed by atoms with Crippen LogP contribution in [0.15, 0.2) is 35.7 Å². The van der Waals surface area contributed by atoms with E-state index in [4.69, 9.17) is 4.74 Å². The molecule has 18 heavy (non-hydrogen) atoms. The van der Waals surface area contributed by atoms with Gasteiger partial charge in [0.2, 0.25) is 5.78 Å². The predicted octanol–water partition coefficient (Wildman–Crippen LogP) is 3.94. The van der Waals surface area contributed by atoms with E-state index in [-0.39, 0.29) is 5.78 Å². The van der Waals surface area contributed by atoms with Gasteiger partial charge in [-0.2, -0.15) is 0 Å². The summed E-state index contributed by atoms with van der Waals surface area (Å²) in [5, 5.41) is 1.92. The maximum Gasteiger partial charge on any atom is 0.202 e. The zero-order chi connectivity index (χ0) is 13.0. The molecule has 1 aromatic carbocycles. The first-order valence-electron chi connectivity index (χ1n) is 6.10. The molecule has 0 N–H and O–H groups in total. The minimum Gasteiger partial charge on any atom is -0.494 e. The van der Waals surface area contributed by atoms with Gasteiger partial charge in [-0.05, 0) is 48.6 Å². The van der Waals surface area contributed by atoms with Crippen LogP contribution in [-0.4, -0.2) is 12.4 Å². The molecule has 0 aliphatic carbocycles. The molecule has 0 aliphatic rings. The molecule has 1 aromatic heterocycles. The highest BCUT2D eigenvalue weighted by atomic mass is 32.1. The molecule has 0 aliphatic heterocycles. The van der Waals surface area contributed by atoms with E-state index in [0.29, 0.717) is 6.61 Å². The van der Waals surface area contributed by atoms with Crippen molar-refractivity contribution in [1.29, 1.82) is 0 Å². The number of carbonyl (C=O) groups excluding carboxylic acids is 1. The van der Waals surface area contributed by atoms with Gasteiger partial charge in [0.15, 0.2) is 0 Å². The Labute approximate surface area is 111 Å². The zero-order valence-electron chi connectivity index (χ0n) is 10.6. The van der Waals surface area contributed by atoms with Crippen molar-refractivity contribution in [3.05, 3.63) is 51.7 Å². The lowest BCUT2D eigenvalue weighted by Crippen LogP contribution is -2.02. The fourth-order valence-electron chi connectivity index (χ4n) is 1.84. The Hall–Kier alpha value is -1.61. The quantitative estimate of drug-likeness (QED) is 0.761. The lowest BCUT2D eigenvalue weighted by atomic mass is 10.0. The van der Waals surface area contributed by atoms with Crippen molar-refractivity contribution in [3.63, 3.8) is 0 Å². The first-order valence-corrected chi connectivity index (χ1v) is 6.98. The van der Waals surface area contributed by atoms with Crippen LogP contribution in [-0.2, 0) is 6.42 Å². The fraction of sp³-hybridized carbons (Fsp3) is 0.267. The average Bonchev–Trinajstić information content (AvgIpc) is 2.92. The molecule has 0 bridgehead atoms. The van der Waals surface area contributed by atoms with Crippen molar-refractivity contribution in [2.24, 2.45) is 0 Å². The molecule has 3 heteroatoms. The van der Waals surface area contributed by atoms with Gasteiger partial charge in [0.1, 0.15) is 5.75 Å². The van der Waals surface area contributed by atoms with E-state index in [2.05, 4.69) is 6.92 Å². The second-order valence-corrected chi connectivity index (χ2v) is 4.86. The average molecular weight is 260 g/mol. The molecule has 0 saturated heterocycles. The van der Waals surface area contributed by atoms with E-state index in [1.807, 2.05) is 42.6 Å². The number of ether oxygens (including phenoxy) is 1. The molecule has 0 unspecified atom stereocenters. The molecular weight excluding hydrogens is 244 g/mol. The molecule has 2 nitrogen and oxygen atoms in total. The second kappa shape index (κ2) is 5.83. The van der Waals surface area contributed by atoms with Crippen LogP contribution in [0.4, 0.5) is 0 Å². The summed E-state index contributed by atoms with van der Waals surface area (Å²) in [7, 11) is 0. The summed E-state index contributed by atoms with van der Waals surface area (Å²) in [6, 6.07) is 9.42. The summed E-state index contributed by atoms with van der Waals surface area (Å²) in [4.78, 5) is 13.0. The van der Waals surface area contributed by atoms with E-state index in [9.17, 15) is 4.79 Å². The van der Waals surface area contributed by atoms with Crippen molar-refractivity contribution in [2.45, 2.75) is 20.3 Å².